The fraction of sp³-hybridized carbons (Fsp3) is 0.700. The number of alkyl halides is 1. The molecule has 3 rings (SSSR count). The summed E-state index contributed by atoms with van der Waals surface area (Å²) in [7, 11) is 11.4. The molecule has 0 bridgehead atoms. The molecule has 1 fully saturated rings. The SMILES string of the molecule is C.C1CCOC1.CC(=O)OCC(Cl)C(C)=O.CN(C)C(N)=S.Cc1nc(N(C)C)sc1CCO.Cc1nc(N(C)C)sc1CCO[N+](=O)[O-]. The molecule has 1 aliphatic rings. The van der Waals surface area contributed by atoms with Crippen molar-refractivity contribution in [2.75, 3.05) is 85.1 Å². The van der Waals surface area contributed by atoms with Crippen molar-refractivity contribution in [1.82, 2.24) is 14.9 Å². The van der Waals surface area contributed by atoms with Gasteiger partial charge in [-0.15, -0.1) is 44.4 Å². The lowest BCUT2D eigenvalue weighted by Gasteiger charge is -2.05. The molecule has 1 unspecified atom stereocenters. The van der Waals surface area contributed by atoms with Crippen molar-refractivity contribution in [2.45, 2.75) is 66.2 Å². The molecular weight excluding hydrogens is 718 g/mol. The Bertz CT molecular complexity index is 1220. The third kappa shape index (κ3) is 26.6. The Balaban J connectivity index is -0.000000564. The summed E-state index contributed by atoms with van der Waals surface area (Å²) in [5.74, 6) is -0.616. The Morgan fingerprint density at radius 1 is 1.02 bits per heavy atom. The van der Waals surface area contributed by atoms with E-state index in [4.69, 9.17) is 27.2 Å². The molecule has 0 spiro atoms. The van der Waals surface area contributed by atoms with E-state index < -0.39 is 16.4 Å². The third-order valence-electron chi connectivity index (χ3n) is 5.53. The second-order valence-electron chi connectivity index (χ2n) is 10.5. The van der Waals surface area contributed by atoms with Crippen LogP contribution >= 0.6 is 46.5 Å². The average Bonchev–Trinajstić information content (AvgIpc) is 3.76. The molecule has 0 aliphatic carbocycles. The number of carbonyl (C=O) groups excluding carboxylic acids is 2. The fourth-order valence-electron chi connectivity index (χ4n) is 2.80. The van der Waals surface area contributed by atoms with Gasteiger partial charge in [0.05, 0.1) is 11.4 Å². The lowest BCUT2D eigenvalue weighted by atomic mass is 10.3. The van der Waals surface area contributed by atoms with E-state index >= 15 is 0 Å². The number of aromatic nitrogens is 2. The molecule has 3 N–H and O–H groups in total. The number of anilines is 2. The van der Waals surface area contributed by atoms with Gasteiger partial charge >= 0.3 is 5.97 Å². The van der Waals surface area contributed by atoms with Gasteiger partial charge in [0.15, 0.2) is 21.2 Å². The lowest BCUT2D eigenvalue weighted by Crippen LogP contribution is -2.27. The molecule has 284 valence electrons. The number of thiocarbonyl (C=S) groups is 1. The van der Waals surface area contributed by atoms with Crippen molar-refractivity contribution in [3.05, 3.63) is 31.3 Å². The zero-order valence-corrected chi connectivity index (χ0v) is 32.8. The van der Waals surface area contributed by atoms with Crippen LogP contribution in [-0.2, 0) is 36.7 Å². The van der Waals surface area contributed by atoms with Gasteiger partial charge in [-0.2, -0.15) is 0 Å². The minimum Gasteiger partial charge on any atom is -0.464 e. The maximum absolute atomic E-state index is 10.4. The van der Waals surface area contributed by atoms with Crippen LogP contribution in [0.5, 0.6) is 0 Å². The number of rotatable bonds is 11. The number of ether oxygens (including phenoxy) is 2. The quantitative estimate of drug-likeness (QED) is 0.108. The summed E-state index contributed by atoms with van der Waals surface area (Å²) in [6, 6.07) is 0. The molecule has 0 saturated carbocycles. The van der Waals surface area contributed by atoms with Crippen molar-refractivity contribution >= 4 is 73.6 Å². The van der Waals surface area contributed by atoms with Gasteiger partial charge in [0.1, 0.15) is 18.6 Å². The minimum absolute atomic E-state index is 0. The Morgan fingerprint density at radius 3 is 1.71 bits per heavy atom. The summed E-state index contributed by atoms with van der Waals surface area (Å²) in [5.41, 5.74) is 7.04. The van der Waals surface area contributed by atoms with E-state index in [9.17, 15) is 19.7 Å². The van der Waals surface area contributed by atoms with Gasteiger partial charge in [0, 0.05) is 91.6 Å². The maximum Gasteiger partial charge on any atom is 0.302 e. The van der Waals surface area contributed by atoms with Crippen molar-refractivity contribution < 1.29 is 34.1 Å². The summed E-state index contributed by atoms with van der Waals surface area (Å²) in [6.45, 7) is 8.75. The second-order valence-corrected chi connectivity index (χ2v) is 13.6. The normalized spacial score (nSPS) is 11.5. The van der Waals surface area contributed by atoms with Gasteiger partial charge < -0.3 is 39.9 Å². The first kappa shape index (κ1) is 50.5. The topological polar surface area (TPSA) is 187 Å². The van der Waals surface area contributed by atoms with Crippen LogP contribution in [0.15, 0.2) is 0 Å². The number of aryl methyl sites for hydroxylation is 2. The van der Waals surface area contributed by atoms with Crippen molar-refractivity contribution in [3.63, 3.8) is 0 Å². The maximum atomic E-state index is 10.4. The number of aliphatic hydroxyl groups is 1. The predicted molar refractivity (Wildman–Crippen MR) is 204 cm³/mol. The van der Waals surface area contributed by atoms with Gasteiger partial charge in [-0.25, -0.2) is 9.97 Å². The first-order chi connectivity index (χ1) is 22.3. The van der Waals surface area contributed by atoms with E-state index in [1.807, 2.05) is 65.9 Å². The van der Waals surface area contributed by atoms with Crippen LogP contribution in [0.2, 0.25) is 0 Å². The summed E-state index contributed by atoms with van der Waals surface area (Å²) < 4.78 is 9.42. The number of carbonyl (C=O) groups is 2. The third-order valence-corrected chi connectivity index (χ3v) is 9.10. The lowest BCUT2D eigenvalue weighted by molar-refractivity contribution is -0.757. The van der Waals surface area contributed by atoms with Crippen LogP contribution < -0.4 is 15.5 Å². The standard InChI is InChI=1S/C8H13N3O3S.C8H14N2OS.C6H9ClO3.C4H8O.C3H8N2S.CH4/c1-6-7(4-5-14-11(12)13)15-8(9-6)10(2)3;1-6-7(4-5-11)12-8(9-6)10(2)3;1-4(8)6(7)3-10-5(2)9;1-2-4-5-3-1;1-5(2)3(4)6;/h4-5H2,1-3H3;11H,4-5H2,1-3H3;6H,3H2,1-2H3;1-4H2;1-2H3,(H2,4,6);1H4. The molecule has 49 heavy (non-hydrogen) atoms. The Labute approximate surface area is 309 Å². The van der Waals surface area contributed by atoms with Gasteiger partial charge in [0.2, 0.25) is 0 Å². The molecule has 2 aromatic rings. The van der Waals surface area contributed by atoms with Crippen molar-refractivity contribution in [2.24, 2.45) is 5.73 Å². The Morgan fingerprint density at radius 2 is 1.45 bits per heavy atom. The Hall–Kier alpha value is -2.90. The van der Waals surface area contributed by atoms with E-state index in [1.165, 1.54) is 42.9 Å². The summed E-state index contributed by atoms with van der Waals surface area (Å²) in [4.78, 5) is 51.3. The highest BCUT2D eigenvalue weighted by atomic mass is 35.5. The van der Waals surface area contributed by atoms with Crippen LogP contribution in [0.4, 0.5) is 10.3 Å². The highest BCUT2D eigenvalue weighted by Crippen LogP contribution is 2.25. The first-order valence-electron chi connectivity index (χ1n) is 14.8. The molecule has 3 heterocycles. The van der Waals surface area contributed by atoms with Gasteiger partial charge in [-0.1, -0.05) is 7.43 Å². The number of hydrogen-bond donors (Lipinski definition) is 2. The largest absolute Gasteiger partial charge is 0.464 e. The van der Waals surface area contributed by atoms with Crippen LogP contribution in [0.3, 0.4) is 0 Å². The minimum atomic E-state index is -0.775. The van der Waals surface area contributed by atoms with E-state index in [0.717, 1.165) is 46.2 Å². The number of hydrogen-bond acceptors (Lipinski definition) is 15. The summed E-state index contributed by atoms with van der Waals surface area (Å²) >= 11 is 13.1. The van der Waals surface area contributed by atoms with E-state index in [2.05, 4.69) is 31.8 Å². The van der Waals surface area contributed by atoms with E-state index in [1.54, 1.807) is 16.2 Å². The zero-order valence-electron chi connectivity index (χ0n) is 29.6. The van der Waals surface area contributed by atoms with Crippen LogP contribution in [0.25, 0.3) is 0 Å². The van der Waals surface area contributed by atoms with Crippen LogP contribution in [0.1, 0.15) is 55.3 Å². The van der Waals surface area contributed by atoms with Gasteiger partial charge in [-0.05, 0) is 45.8 Å². The molecule has 19 heteroatoms. The van der Waals surface area contributed by atoms with Gasteiger partial charge in [-0.3, -0.25) is 9.59 Å². The molecule has 1 saturated heterocycles. The Kier molecular flexibility index (Phi) is 29.8. The molecule has 0 amide bonds. The number of halogens is 1. The van der Waals surface area contributed by atoms with Crippen molar-refractivity contribution in [3.8, 4) is 0 Å². The van der Waals surface area contributed by atoms with Crippen LogP contribution in [-0.4, -0.2) is 123 Å². The number of nitrogens with zero attached hydrogens (tertiary/aromatic N) is 6. The molecule has 2 aromatic heterocycles. The van der Waals surface area contributed by atoms with Crippen LogP contribution in [0, 0.1) is 24.0 Å². The average molecular weight is 774 g/mol. The number of esters is 1. The number of aliphatic hydroxyl groups excluding tert-OH is 1. The number of Topliss-reactive ketones (excluding diaryl/α,β-unsaturated/α-hetero) is 1. The highest BCUT2D eigenvalue weighted by Gasteiger charge is 2.11. The molecule has 0 radical (unpaired) electrons. The second kappa shape index (κ2) is 28.9. The monoisotopic (exact) mass is 773 g/mol. The number of thiazole rings is 2. The molecule has 0 aromatic carbocycles. The zero-order chi connectivity index (χ0) is 37.4. The first-order valence-corrected chi connectivity index (χ1v) is 17.3. The number of nitrogens with two attached hydrogens (primary N) is 1. The highest BCUT2D eigenvalue weighted by molar-refractivity contribution is 7.80. The van der Waals surface area contributed by atoms with Crippen molar-refractivity contribution in [1.29, 1.82) is 0 Å². The van der Waals surface area contributed by atoms with E-state index in [0.29, 0.717) is 11.5 Å². The molecule has 1 aliphatic heterocycles. The summed E-state index contributed by atoms with van der Waals surface area (Å²) in [5, 5.41) is 19.6. The number of ketones is 1. The summed E-state index contributed by atoms with van der Waals surface area (Å²) in [6.07, 6.45) is 3.80. The smallest absolute Gasteiger partial charge is 0.302 e. The predicted octanol–water partition coefficient (Wildman–Crippen LogP) is 4.29. The molecular formula is C30H56ClN7O8S3. The van der Waals surface area contributed by atoms with Gasteiger partial charge in [0.25, 0.3) is 5.09 Å². The fourth-order valence-corrected chi connectivity index (χ4v) is 4.80. The molecule has 1 atom stereocenters. The molecule has 15 nitrogen and oxygen atoms in total. The van der Waals surface area contributed by atoms with E-state index in [-0.39, 0.29) is 33.0 Å².